The van der Waals surface area contributed by atoms with E-state index >= 15 is 0 Å². The molecule has 23 heavy (non-hydrogen) atoms. The van der Waals surface area contributed by atoms with Gasteiger partial charge >= 0.3 is 0 Å². The molecule has 0 spiro atoms. The van der Waals surface area contributed by atoms with Crippen molar-refractivity contribution in [2.45, 2.75) is 26.7 Å². The van der Waals surface area contributed by atoms with Gasteiger partial charge in [-0.25, -0.2) is 4.98 Å². The molecular formula is C19H24N2O2. The molecule has 1 aliphatic heterocycles. The fourth-order valence-corrected chi connectivity index (χ4v) is 2.69. The summed E-state index contributed by atoms with van der Waals surface area (Å²) in [5.74, 6) is 2.58. The monoisotopic (exact) mass is 312 g/mol. The average molecular weight is 312 g/mol. The van der Waals surface area contributed by atoms with Gasteiger partial charge in [-0.1, -0.05) is 17.7 Å². The fraction of sp³-hybridized carbons (Fsp3) is 0.421. The van der Waals surface area contributed by atoms with Crippen LogP contribution in [-0.4, -0.2) is 24.7 Å². The van der Waals surface area contributed by atoms with Crippen LogP contribution in [0.25, 0.3) is 0 Å². The highest BCUT2D eigenvalue weighted by Gasteiger charge is 2.16. The van der Waals surface area contributed by atoms with E-state index in [1.54, 1.807) is 0 Å². The Hall–Kier alpha value is -2.07. The molecule has 1 aromatic heterocycles. The molecule has 0 unspecified atom stereocenters. The van der Waals surface area contributed by atoms with Gasteiger partial charge in [0.15, 0.2) is 5.75 Å². The number of aryl methyl sites for hydroxylation is 2. The zero-order valence-corrected chi connectivity index (χ0v) is 13.8. The molecule has 122 valence electrons. The number of hydrogen-bond acceptors (Lipinski definition) is 4. The van der Waals surface area contributed by atoms with Gasteiger partial charge in [-0.3, -0.25) is 0 Å². The summed E-state index contributed by atoms with van der Waals surface area (Å²) in [7, 11) is 0. The molecule has 1 aliphatic rings. The maximum Gasteiger partial charge on any atom is 0.262 e. The van der Waals surface area contributed by atoms with Crippen molar-refractivity contribution in [3.05, 3.63) is 47.7 Å². The van der Waals surface area contributed by atoms with Crippen LogP contribution < -0.4 is 14.8 Å². The molecule has 0 radical (unpaired) electrons. The molecule has 0 aliphatic carbocycles. The summed E-state index contributed by atoms with van der Waals surface area (Å²) >= 11 is 0. The van der Waals surface area contributed by atoms with Crippen molar-refractivity contribution in [1.82, 2.24) is 10.3 Å². The molecule has 1 saturated heterocycles. The predicted octanol–water partition coefficient (Wildman–Crippen LogP) is 3.87. The third-order valence-electron chi connectivity index (χ3n) is 4.07. The van der Waals surface area contributed by atoms with E-state index in [4.69, 9.17) is 9.47 Å². The van der Waals surface area contributed by atoms with Gasteiger partial charge in [0, 0.05) is 18.2 Å². The van der Waals surface area contributed by atoms with Crippen LogP contribution in [0, 0.1) is 19.8 Å². The Morgan fingerprint density at radius 3 is 2.70 bits per heavy atom. The van der Waals surface area contributed by atoms with Crippen LogP contribution in [0.5, 0.6) is 17.4 Å². The molecule has 1 atom stereocenters. The molecule has 0 amide bonds. The van der Waals surface area contributed by atoms with Crippen molar-refractivity contribution in [2.24, 2.45) is 5.92 Å². The highest BCUT2D eigenvalue weighted by atomic mass is 16.5. The van der Waals surface area contributed by atoms with Gasteiger partial charge in [0.1, 0.15) is 5.75 Å². The number of ether oxygens (including phenoxy) is 2. The van der Waals surface area contributed by atoms with Crippen LogP contribution in [-0.2, 0) is 0 Å². The van der Waals surface area contributed by atoms with Crippen molar-refractivity contribution in [1.29, 1.82) is 0 Å². The second-order valence-electron chi connectivity index (χ2n) is 6.19. The minimum absolute atomic E-state index is 0.539. The van der Waals surface area contributed by atoms with E-state index in [2.05, 4.69) is 17.2 Å². The van der Waals surface area contributed by atoms with Crippen molar-refractivity contribution < 1.29 is 9.47 Å². The first-order chi connectivity index (χ1) is 11.2. The number of nitrogens with one attached hydrogen (secondary N) is 1. The Bertz CT molecular complexity index is 634. The number of benzene rings is 1. The number of pyridine rings is 1. The molecule has 2 heterocycles. The summed E-state index contributed by atoms with van der Waals surface area (Å²) in [6.07, 6.45) is 2.42. The maximum atomic E-state index is 6.00. The van der Waals surface area contributed by atoms with E-state index in [-0.39, 0.29) is 0 Å². The Balaban J connectivity index is 1.70. The topological polar surface area (TPSA) is 43.4 Å². The lowest BCUT2D eigenvalue weighted by Gasteiger charge is -2.23. The first kappa shape index (κ1) is 15.8. The molecule has 4 heteroatoms. The second kappa shape index (κ2) is 7.47. The minimum atomic E-state index is 0.539. The number of piperidine rings is 1. The zero-order valence-electron chi connectivity index (χ0n) is 13.8. The molecule has 1 aromatic carbocycles. The third-order valence-corrected chi connectivity index (χ3v) is 4.07. The van der Waals surface area contributed by atoms with E-state index in [0.29, 0.717) is 24.2 Å². The molecule has 1 fully saturated rings. The number of nitrogens with zero attached hydrogens (tertiary/aromatic N) is 1. The molecule has 0 saturated carbocycles. The van der Waals surface area contributed by atoms with Gasteiger partial charge in [-0.2, -0.15) is 0 Å². The molecule has 2 aromatic rings. The van der Waals surface area contributed by atoms with Crippen molar-refractivity contribution in [3.63, 3.8) is 0 Å². The van der Waals surface area contributed by atoms with Crippen LogP contribution >= 0.6 is 0 Å². The van der Waals surface area contributed by atoms with Crippen LogP contribution in [0.2, 0.25) is 0 Å². The fourth-order valence-electron chi connectivity index (χ4n) is 2.69. The van der Waals surface area contributed by atoms with Crippen LogP contribution in [0.15, 0.2) is 36.4 Å². The standard InChI is InChI=1S/C19H24N2O2/c1-14-5-8-17(9-6-14)23-19-18(10-7-15(2)21-19)22-13-16-4-3-11-20-12-16/h5-10,16,20H,3-4,11-13H2,1-2H3/t16-/m0/s1. The van der Waals surface area contributed by atoms with Gasteiger partial charge in [0.25, 0.3) is 5.88 Å². The lowest BCUT2D eigenvalue weighted by atomic mass is 10.0. The summed E-state index contributed by atoms with van der Waals surface area (Å²) in [5.41, 5.74) is 2.12. The molecule has 0 bridgehead atoms. The smallest absolute Gasteiger partial charge is 0.262 e. The quantitative estimate of drug-likeness (QED) is 0.910. The van der Waals surface area contributed by atoms with Crippen LogP contribution in [0.3, 0.4) is 0 Å². The third kappa shape index (κ3) is 4.45. The molecule has 4 nitrogen and oxygen atoms in total. The summed E-state index contributed by atoms with van der Waals surface area (Å²) in [6.45, 7) is 6.85. The number of hydrogen-bond donors (Lipinski definition) is 1. The van der Waals surface area contributed by atoms with E-state index in [1.165, 1.54) is 18.4 Å². The number of aromatic nitrogens is 1. The Labute approximate surface area is 137 Å². The first-order valence-electron chi connectivity index (χ1n) is 8.26. The first-order valence-corrected chi connectivity index (χ1v) is 8.26. The van der Waals surface area contributed by atoms with Gasteiger partial charge < -0.3 is 14.8 Å². The van der Waals surface area contributed by atoms with Crippen LogP contribution in [0.4, 0.5) is 0 Å². The van der Waals surface area contributed by atoms with Crippen LogP contribution in [0.1, 0.15) is 24.1 Å². The van der Waals surface area contributed by atoms with E-state index in [1.807, 2.05) is 43.3 Å². The summed E-state index contributed by atoms with van der Waals surface area (Å²) < 4.78 is 11.9. The van der Waals surface area contributed by atoms with Gasteiger partial charge in [0.2, 0.25) is 0 Å². The molecular weight excluding hydrogens is 288 g/mol. The van der Waals surface area contributed by atoms with Crippen molar-refractivity contribution in [2.75, 3.05) is 19.7 Å². The summed E-state index contributed by atoms with van der Waals surface area (Å²) in [4.78, 5) is 4.49. The highest BCUT2D eigenvalue weighted by Crippen LogP contribution is 2.30. The Morgan fingerprint density at radius 1 is 1.13 bits per heavy atom. The Kier molecular flexibility index (Phi) is 5.13. The maximum absolute atomic E-state index is 6.00. The van der Waals surface area contributed by atoms with Gasteiger partial charge in [0.05, 0.1) is 6.61 Å². The minimum Gasteiger partial charge on any atom is -0.488 e. The van der Waals surface area contributed by atoms with Crippen molar-refractivity contribution in [3.8, 4) is 17.4 Å². The number of rotatable bonds is 5. The predicted molar refractivity (Wildman–Crippen MR) is 91.3 cm³/mol. The van der Waals surface area contributed by atoms with E-state index in [0.717, 1.165) is 24.5 Å². The highest BCUT2D eigenvalue weighted by molar-refractivity contribution is 5.39. The lowest BCUT2D eigenvalue weighted by molar-refractivity contribution is 0.211. The Morgan fingerprint density at radius 2 is 1.96 bits per heavy atom. The van der Waals surface area contributed by atoms with E-state index < -0.39 is 0 Å². The van der Waals surface area contributed by atoms with E-state index in [9.17, 15) is 0 Å². The van der Waals surface area contributed by atoms with Gasteiger partial charge in [-0.15, -0.1) is 0 Å². The van der Waals surface area contributed by atoms with Gasteiger partial charge in [-0.05, 0) is 57.5 Å². The van der Waals surface area contributed by atoms with Crippen molar-refractivity contribution >= 4 is 0 Å². The summed E-state index contributed by atoms with van der Waals surface area (Å²) in [6, 6.07) is 11.9. The largest absolute Gasteiger partial charge is 0.488 e. The summed E-state index contributed by atoms with van der Waals surface area (Å²) in [5, 5.41) is 3.41. The SMILES string of the molecule is Cc1ccc(Oc2nc(C)ccc2OC[C@H]2CCCNC2)cc1. The second-order valence-corrected chi connectivity index (χ2v) is 6.19. The zero-order chi connectivity index (χ0) is 16.1. The normalized spacial score (nSPS) is 17.7. The lowest BCUT2D eigenvalue weighted by Crippen LogP contribution is -2.33. The molecule has 3 rings (SSSR count). The average Bonchev–Trinajstić information content (AvgIpc) is 2.57. The molecule has 1 N–H and O–H groups in total.